The molecule has 1 amide bonds. The molecule has 2 aliphatic rings. The van der Waals surface area contributed by atoms with Crippen LogP contribution in [0.15, 0.2) is 48.5 Å². The summed E-state index contributed by atoms with van der Waals surface area (Å²) in [6, 6.07) is 17.5. The van der Waals surface area contributed by atoms with Crippen LogP contribution in [-0.2, 0) is 24.4 Å². The Morgan fingerprint density at radius 2 is 1.33 bits per heavy atom. The predicted molar refractivity (Wildman–Crippen MR) is 128 cm³/mol. The van der Waals surface area contributed by atoms with E-state index >= 15 is 0 Å². The Morgan fingerprint density at radius 1 is 0.848 bits per heavy atom. The van der Waals surface area contributed by atoms with Crippen LogP contribution in [-0.4, -0.2) is 77.3 Å². The van der Waals surface area contributed by atoms with E-state index in [0.29, 0.717) is 17.6 Å². The first kappa shape index (κ1) is 23.9. The molecule has 2 fully saturated rings. The van der Waals surface area contributed by atoms with Gasteiger partial charge >= 0.3 is 0 Å². The van der Waals surface area contributed by atoms with E-state index in [4.69, 9.17) is 9.94 Å². The van der Waals surface area contributed by atoms with E-state index in [1.165, 1.54) is 16.7 Å². The molecule has 178 valence electrons. The maximum atomic E-state index is 11.5. The Bertz CT molecular complexity index is 885. The minimum Gasteiger partial charge on any atom is -0.379 e. The molecule has 2 aromatic rings. The van der Waals surface area contributed by atoms with Crippen molar-refractivity contribution < 1.29 is 14.7 Å². The fourth-order valence-corrected chi connectivity index (χ4v) is 4.97. The fourth-order valence-electron chi connectivity index (χ4n) is 4.97. The van der Waals surface area contributed by atoms with Crippen molar-refractivity contribution in [1.29, 1.82) is 0 Å². The van der Waals surface area contributed by atoms with Crippen LogP contribution in [0.4, 0.5) is 0 Å². The summed E-state index contributed by atoms with van der Waals surface area (Å²) in [6.07, 6.45) is 0. The predicted octanol–water partition coefficient (Wildman–Crippen LogP) is 2.73. The minimum absolute atomic E-state index is 0.459. The third-order valence-corrected chi connectivity index (χ3v) is 6.80. The van der Waals surface area contributed by atoms with Gasteiger partial charge in [-0.2, -0.15) is 0 Å². The highest BCUT2D eigenvalue weighted by Crippen LogP contribution is 2.21. The van der Waals surface area contributed by atoms with Crippen molar-refractivity contribution in [3.05, 3.63) is 70.8 Å². The SMILES string of the molecule is C[C@@H]1CN(Cc2ccc(C(=O)NO)cc2)C[C@H](C)N1Cc1ccc(CN2CCOCC2)cc1. The number of ether oxygens (including phenoxy) is 1. The van der Waals surface area contributed by atoms with Crippen molar-refractivity contribution in [1.82, 2.24) is 20.2 Å². The van der Waals surface area contributed by atoms with Gasteiger partial charge in [0.05, 0.1) is 13.2 Å². The number of carbonyl (C=O) groups is 1. The number of hydrogen-bond donors (Lipinski definition) is 2. The molecule has 0 radical (unpaired) electrons. The zero-order valence-corrected chi connectivity index (χ0v) is 19.7. The number of carbonyl (C=O) groups excluding carboxylic acids is 1. The van der Waals surface area contributed by atoms with Crippen LogP contribution in [0.5, 0.6) is 0 Å². The van der Waals surface area contributed by atoms with Crippen molar-refractivity contribution in [3.8, 4) is 0 Å². The highest BCUT2D eigenvalue weighted by molar-refractivity contribution is 5.93. The summed E-state index contributed by atoms with van der Waals surface area (Å²) in [5, 5.41) is 8.77. The van der Waals surface area contributed by atoms with Crippen LogP contribution in [0.2, 0.25) is 0 Å². The van der Waals surface area contributed by atoms with Gasteiger partial charge in [-0.1, -0.05) is 36.4 Å². The molecule has 2 aromatic carbocycles. The van der Waals surface area contributed by atoms with E-state index in [-0.39, 0.29) is 0 Å². The largest absolute Gasteiger partial charge is 0.379 e. The van der Waals surface area contributed by atoms with Crippen LogP contribution in [0.1, 0.15) is 40.9 Å². The quantitative estimate of drug-likeness (QED) is 0.497. The second kappa shape index (κ2) is 11.2. The minimum atomic E-state index is -0.480. The number of benzene rings is 2. The van der Waals surface area contributed by atoms with E-state index in [0.717, 1.165) is 59.0 Å². The summed E-state index contributed by atoms with van der Waals surface area (Å²) >= 11 is 0. The highest BCUT2D eigenvalue weighted by Gasteiger charge is 2.29. The Balaban J connectivity index is 1.29. The zero-order chi connectivity index (χ0) is 23.2. The van der Waals surface area contributed by atoms with Crippen molar-refractivity contribution in [2.75, 3.05) is 39.4 Å². The zero-order valence-electron chi connectivity index (χ0n) is 19.7. The number of morpholine rings is 1. The molecule has 7 nitrogen and oxygen atoms in total. The Hall–Kier alpha value is -2.29. The Labute approximate surface area is 196 Å². The number of piperazine rings is 1. The van der Waals surface area contributed by atoms with E-state index in [2.05, 4.69) is 52.8 Å². The maximum Gasteiger partial charge on any atom is 0.274 e. The molecule has 4 rings (SSSR count). The molecule has 0 spiro atoms. The van der Waals surface area contributed by atoms with Gasteiger partial charge in [0.1, 0.15) is 0 Å². The van der Waals surface area contributed by atoms with E-state index < -0.39 is 5.91 Å². The number of hydrogen-bond acceptors (Lipinski definition) is 6. The topological polar surface area (TPSA) is 68.3 Å². The van der Waals surface area contributed by atoms with Gasteiger partial charge in [-0.15, -0.1) is 0 Å². The monoisotopic (exact) mass is 452 g/mol. The molecule has 33 heavy (non-hydrogen) atoms. The lowest BCUT2D eigenvalue weighted by molar-refractivity contribution is 0.0290. The molecule has 2 atom stereocenters. The average Bonchev–Trinajstić information content (AvgIpc) is 2.83. The third kappa shape index (κ3) is 6.40. The van der Waals surface area contributed by atoms with Crippen LogP contribution in [0, 0.1) is 0 Å². The summed E-state index contributed by atoms with van der Waals surface area (Å²) in [7, 11) is 0. The van der Waals surface area contributed by atoms with Crippen LogP contribution in [0.3, 0.4) is 0 Å². The second-order valence-electron chi connectivity index (χ2n) is 9.41. The van der Waals surface area contributed by atoms with Crippen LogP contribution >= 0.6 is 0 Å². The Morgan fingerprint density at radius 3 is 1.88 bits per heavy atom. The van der Waals surface area contributed by atoms with Gasteiger partial charge < -0.3 is 4.74 Å². The lowest BCUT2D eigenvalue weighted by atomic mass is 10.0. The third-order valence-electron chi connectivity index (χ3n) is 6.80. The van der Waals surface area contributed by atoms with Gasteiger partial charge in [-0.25, -0.2) is 5.48 Å². The van der Waals surface area contributed by atoms with Gasteiger partial charge in [0.25, 0.3) is 5.91 Å². The number of hydroxylamine groups is 1. The summed E-state index contributed by atoms with van der Waals surface area (Å²) in [5.74, 6) is -0.480. The first-order valence-electron chi connectivity index (χ1n) is 11.9. The van der Waals surface area contributed by atoms with Gasteiger partial charge in [-0.05, 0) is 42.7 Å². The van der Waals surface area contributed by atoms with Crippen molar-refractivity contribution in [3.63, 3.8) is 0 Å². The number of nitrogens with one attached hydrogen (secondary N) is 1. The Kier molecular flexibility index (Phi) is 8.11. The van der Waals surface area contributed by atoms with Gasteiger partial charge in [0, 0.05) is 63.5 Å². The van der Waals surface area contributed by atoms with Crippen molar-refractivity contribution in [2.24, 2.45) is 0 Å². The number of rotatable bonds is 7. The van der Waals surface area contributed by atoms with Crippen molar-refractivity contribution in [2.45, 2.75) is 45.6 Å². The molecule has 7 heteroatoms. The average molecular weight is 453 g/mol. The molecule has 0 saturated carbocycles. The molecule has 0 unspecified atom stereocenters. The summed E-state index contributed by atoms with van der Waals surface area (Å²) in [5.41, 5.74) is 6.05. The lowest BCUT2D eigenvalue weighted by Crippen LogP contribution is -2.55. The molecule has 2 aliphatic heterocycles. The molecular formula is C26H36N4O3. The first-order valence-corrected chi connectivity index (χ1v) is 11.9. The molecule has 2 N–H and O–H groups in total. The van der Waals surface area contributed by atoms with E-state index in [1.54, 1.807) is 17.6 Å². The molecule has 2 heterocycles. The number of nitrogens with zero attached hydrogens (tertiary/aromatic N) is 3. The molecule has 0 bridgehead atoms. The van der Waals surface area contributed by atoms with Gasteiger partial charge in [0.15, 0.2) is 0 Å². The lowest BCUT2D eigenvalue weighted by Gasteiger charge is -2.44. The van der Waals surface area contributed by atoms with E-state index in [9.17, 15) is 4.79 Å². The normalized spacial score (nSPS) is 22.9. The van der Waals surface area contributed by atoms with Gasteiger partial charge in [0.2, 0.25) is 0 Å². The smallest absolute Gasteiger partial charge is 0.274 e. The summed E-state index contributed by atoms with van der Waals surface area (Å²) in [4.78, 5) is 19.1. The summed E-state index contributed by atoms with van der Waals surface area (Å²) in [6.45, 7) is 13.2. The molecule has 0 aliphatic carbocycles. The standard InChI is InChI=1S/C26H36N4O3/c1-20-15-29(18-23-7-9-25(10-8-23)26(31)27-32)16-21(2)30(20)19-24-5-3-22(4-6-24)17-28-11-13-33-14-12-28/h3-10,20-21,32H,11-19H2,1-2H3,(H,27,31)/t20-,21+. The highest BCUT2D eigenvalue weighted by atomic mass is 16.5. The maximum absolute atomic E-state index is 11.5. The molecular weight excluding hydrogens is 416 g/mol. The van der Waals surface area contributed by atoms with Crippen LogP contribution < -0.4 is 5.48 Å². The second-order valence-corrected chi connectivity index (χ2v) is 9.41. The van der Waals surface area contributed by atoms with Gasteiger partial charge in [-0.3, -0.25) is 24.7 Å². The molecule has 0 aromatic heterocycles. The van der Waals surface area contributed by atoms with Crippen LogP contribution in [0.25, 0.3) is 0 Å². The fraction of sp³-hybridized carbons (Fsp3) is 0.500. The summed E-state index contributed by atoms with van der Waals surface area (Å²) < 4.78 is 5.45. The molecule has 2 saturated heterocycles. The number of amides is 1. The van der Waals surface area contributed by atoms with E-state index in [1.807, 2.05) is 12.1 Å². The first-order chi connectivity index (χ1) is 16.0. The van der Waals surface area contributed by atoms with Crippen molar-refractivity contribution >= 4 is 5.91 Å².